The number of benzene rings is 1. The number of piperidine rings is 1. The SMILES string of the molecule is Cc1ccc2nc(NC(=O)COC3CCNCC3)sc2c1. The molecule has 2 aromatic rings. The number of thiazole rings is 1. The number of rotatable bonds is 4. The van der Waals surface area contributed by atoms with Crippen LogP contribution in [0.1, 0.15) is 18.4 Å². The smallest absolute Gasteiger partial charge is 0.252 e. The van der Waals surface area contributed by atoms with Crippen LogP contribution in [-0.4, -0.2) is 36.7 Å². The number of ether oxygens (including phenoxy) is 1. The van der Waals surface area contributed by atoms with Crippen LogP contribution in [0, 0.1) is 6.92 Å². The molecule has 1 aromatic heterocycles. The monoisotopic (exact) mass is 305 g/mol. The maximum Gasteiger partial charge on any atom is 0.252 e. The molecule has 1 saturated heterocycles. The van der Waals surface area contributed by atoms with Crippen LogP contribution in [0.25, 0.3) is 10.2 Å². The highest BCUT2D eigenvalue weighted by atomic mass is 32.1. The van der Waals surface area contributed by atoms with Gasteiger partial charge in [-0.15, -0.1) is 0 Å². The molecule has 0 aliphatic carbocycles. The molecule has 0 atom stereocenters. The summed E-state index contributed by atoms with van der Waals surface area (Å²) in [6, 6.07) is 6.07. The van der Waals surface area contributed by atoms with E-state index in [0.717, 1.165) is 36.1 Å². The van der Waals surface area contributed by atoms with Gasteiger partial charge < -0.3 is 10.1 Å². The van der Waals surface area contributed by atoms with E-state index in [4.69, 9.17) is 4.74 Å². The van der Waals surface area contributed by atoms with Crippen molar-refractivity contribution in [1.29, 1.82) is 0 Å². The van der Waals surface area contributed by atoms with Gasteiger partial charge in [0, 0.05) is 0 Å². The summed E-state index contributed by atoms with van der Waals surface area (Å²) in [5.74, 6) is -0.135. The van der Waals surface area contributed by atoms with E-state index in [1.165, 1.54) is 16.9 Å². The summed E-state index contributed by atoms with van der Waals surface area (Å²) in [5.41, 5.74) is 2.11. The van der Waals surface area contributed by atoms with Gasteiger partial charge in [0.25, 0.3) is 5.91 Å². The van der Waals surface area contributed by atoms with Gasteiger partial charge in [0.05, 0.1) is 16.3 Å². The van der Waals surface area contributed by atoms with Crippen LogP contribution in [-0.2, 0) is 9.53 Å². The topological polar surface area (TPSA) is 63.2 Å². The standard InChI is InChI=1S/C15H19N3O2S/c1-10-2-3-12-13(8-10)21-15(17-12)18-14(19)9-20-11-4-6-16-7-5-11/h2-3,8,11,16H,4-7,9H2,1H3,(H,17,18,19). The predicted octanol–water partition coefficient (Wildman–Crippen LogP) is 2.31. The van der Waals surface area contributed by atoms with Crippen molar-refractivity contribution in [3.05, 3.63) is 23.8 Å². The Hall–Kier alpha value is -1.50. The highest BCUT2D eigenvalue weighted by Crippen LogP contribution is 2.26. The second-order valence-corrected chi connectivity index (χ2v) is 6.33. The number of hydrogen-bond donors (Lipinski definition) is 2. The first-order valence-corrected chi connectivity index (χ1v) is 8.02. The summed E-state index contributed by atoms with van der Waals surface area (Å²) < 4.78 is 6.72. The lowest BCUT2D eigenvalue weighted by molar-refractivity contribution is -0.123. The second-order valence-electron chi connectivity index (χ2n) is 5.30. The molecule has 1 aromatic carbocycles. The summed E-state index contributed by atoms with van der Waals surface area (Å²) in [4.78, 5) is 16.3. The van der Waals surface area contributed by atoms with Crippen LogP contribution in [0.5, 0.6) is 0 Å². The lowest BCUT2D eigenvalue weighted by Gasteiger charge is -2.22. The molecule has 2 N–H and O–H groups in total. The van der Waals surface area contributed by atoms with Crippen LogP contribution in [0.2, 0.25) is 0 Å². The van der Waals surface area contributed by atoms with Crippen molar-refractivity contribution in [2.24, 2.45) is 0 Å². The van der Waals surface area contributed by atoms with Crippen molar-refractivity contribution < 1.29 is 9.53 Å². The van der Waals surface area contributed by atoms with Crippen molar-refractivity contribution in [2.75, 3.05) is 25.0 Å². The molecule has 0 spiro atoms. The van der Waals surface area contributed by atoms with Crippen molar-refractivity contribution >= 4 is 32.6 Å². The van der Waals surface area contributed by atoms with E-state index in [0.29, 0.717) is 5.13 Å². The fourth-order valence-corrected chi connectivity index (χ4v) is 3.38. The Morgan fingerprint density at radius 1 is 1.48 bits per heavy atom. The van der Waals surface area contributed by atoms with Gasteiger partial charge in [0.2, 0.25) is 0 Å². The number of aromatic nitrogens is 1. The van der Waals surface area contributed by atoms with Gasteiger partial charge >= 0.3 is 0 Å². The quantitative estimate of drug-likeness (QED) is 0.910. The molecule has 1 aliphatic heterocycles. The van der Waals surface area contributed by atoms with E-state index < -0.39 is 0 Å². The van der Waals surface area contributed by atoms with E-state index in [1.54, 1.807) is 0 Å². The zero-order chi connectivity index (χ0) is 14.7. The summed E-state index contributed by atoms with van der Waals surface area (Å²) in [6.45, 7) is 4.07. The Kier molecular flexibility index (Phi) is 4.48. The molecule has 1 amide bonds. The van der Waals surface area contributed by atoms with E-state index in [1.807, 2.05) is 19.1 Å². The number of amides is 1. The summed E-state index contributed by atoms with van der Waals surface area (Å²) in [5, 5.41) is 6.72. The fourth-order valence-electron chi connectivity index (χ4n) is 2.40. The van der Waals surface area contributed by atoms with Gasteiger partial charge in [-0.2, -0.15) is 0 Å². The van der Waals surface area contributed by atoms with Crippen LogP contribution in [0.4, 0.5) is 5.13 Å². The van der Waals surface area contributed by atoms with Gasteiger partial charge in [-0.05, 0) is 50.6 Å². The van der Waals surface area contributed by atoms with Crippen LogP contribution in [0.3, 0.4) is 0 Å². The van der Waals surface area contributed by atoms with Crippen molar-refractivity contribution in [2.45, 2.75) is 25.9 Å². The highest BCUT2D eigenvalue weighted by Gasteiger charge is 2.15. The van der Waals surface area contributed by atoms with Crippen molar-refractivity contribution in [3.8, 4) is 0 Å². The minimum Gasteiger partial charge on any atom is -0.368 e. The second kappa shape index (κ2) is 6.51. The molecule has 112 valence electrons. The molecule has 3 rings (SSSR count). The summed E-state index contributed by atoms with van der Waals surface area (Å²) in [6.07, 6.45) is 2.12. The molecule has 21 heavy (non-hydrogen) atoms. The largest absolute Gasteiger partial charge is 0.368 e. The third-order valence-electron chi connectivity index (χ3n) is 3.53. The van der Waals surface area contributed by atoms with Gasteiger partial charge in [0.15, 0.2) is 5.13 Å². The Labute approximate surface area is 127 Å². The number of hydrogen-bond acceptors (Lipinski definition) is 5. The highest BCUT2D eigenvalue weighted by molar-refractivity contribution is 7.22. The molecule has 0 bridgehead atoms. The maximum atomic E-state index is 11.9. The molecule has 0 radical (unpaired) electrons. The van der Waals surface area contributed by atoms with E-state index in [9.17, 15) is 4.79 Å². The molecule has 0 unspecified atom stereocenters. The average molecular weight is 305 g/mol. The predicted molar refractivity (Wildman–Crippen MR) is 84.8 cm³/mol. The third-order valence-corrected chi connectivity index (χ3v) is 4.46. The minimum absolute atomic E-state index is 0.0968. The van der Waals surface area contributed by atoms with Crippen molar-refractivity contribution in [1.82, 2.24) is 10.3 Å². The summed E-state index contributed by atoms with van der Waals surface area (Å²) >= 11 is 1.49. The molecule has 1 aliphatic rings. The zero-order valence-corrected chi connectivity index (χ0v) is 12.8. The number of aryl methyl sites for hydroxylation is 1. The molecule has 6 heteroatoms. The van der Waals surface area contributed by atoms with Crippen LogP contribution >= 0.6 is 11.3 Å². The fraction of sp³-hybridized carbons (Fsp3) is 0.467. The number of carbonyl (C=O) groups excluding carboxylic acids is 1. The number of nitrogens with zero attached hydrogens (tertiary/aromatic N) is 1. The van der Waals surface area contributed by atoms with Gasteiger partial charge in [-0.25, -0.2) is 4.98 Å². The first-order chi connectivity index (χ1) is 10.2. The van der Waals surface area contributed by atoms with Gasteiger partial charge in [-0.3, -0.25) is 10.1 Å². The lowest BCUT2D eigenvalue weighted by atomic mass is 10.1. The van der Waals surface area contributed by atoms with Crippen LogP contribution < -0.4 is 10.6 Å². The molecule has 0 saturated carbocycles. The molecular formula is C15H19N3O2S. The number of carbonyl (C=O) groups is 1. The number of fused-ring (bicyclic) bond motifs is 1. The Bertz CT molecular complexity index is 635. The Morgan fingerprint density at radius 3 is 3.10 bits per heavy atom. The normalized spacial score (nSPS) is 16.2. The van der Waals surface area contributed by atoms with Gasteiger partial charge in [-0.1, -0.05) is 17.4 Å². The Morgan fingerprint density at radius 2 is 2.29 bits per heavy atom. The molecule has 2 heterocycles. The van der Waals surface area contributed by atoms with Crippen LogP contribution in [0.15, 0.2) is 18.2 Å². The maximum absolute atomic E-state index is 11.9. The summed E-state index contributed by atoms with van der Waals surface area (Å²) in [7, 11) is 0. The van der Waals surface area contributed by atoms with Gasteiger partial charge in [0.1, 0.15) is 6.61 Å². The van der Waals surface area contributed by atoms with E-state index in [-0.39, 0.29) is 18.6 Å². The van der Waals surface area contributed by atoms with Crippen molar-refractivity contribution in [3.63, 3.8) is 0 Å². The minimum atomic E-state index is -0.135. The molecule has 5 nitrogen and oxygen atoms in total. The third kappa shape index (κ3) is 3.78. The van der Waals surface area contributed by atoms with E-state index in [2.05, 4.69) is 21.7 Å². The first-order valence-electron chi connectivity index (χ1n) is 7.20. The lowest BCUT2D eigenvalue weighted by Crippen LogP contribution is -2.34. The molecular weight excluding hydrogens is 286 g/mol. The van der Waals surface area contributed by atoms with E-state index >= 15 is 0 Å². The number of anilines is 1. The average Bonchev–Trinajstić information content (AvgIpc) is 2.87. The number of nitrogens with one attached hydrogen (secondary N) is 2. The zero-order valence-electron chi connectivity index (χ0n) is 12.0. The molecule has 1 fully saturated rings. The first kappa shape index (κ1) is 14.4. The Balaban J connectivity index is 1.55.